The summed E-state index contributed by atoms with van der Waals surface area (Å²) in [5.41, 5.74) is 1.34. The van der Waals surface area contributed by atoms with Gasteiger partial charge in [-0.3, -0.25) is 4.90 Å². The van der Waals surface area contributed by atoms with Crippen molar-refractivity contribution in [2.75, 3.05) is 31.1 Å². The SMILES string of the molecule is Brc1ccc(N2CCCN3CCCCC3C2)c(Br)c1. The van der Waals surface area contributed by atoms with Crippen LogP contribution in [0.1, 0.15) is 25.7 Å². The fraction of sp³-hybridized carbons (Fsp3) is 0.600. The molecular weight excluding hydrogens is 368 g/mol. The number of halogens is 2. The molecular formula is C15H20Br2N2. The topological polar surface area (TPSA) is 6.48 Å². The van der Waals surface area contributed by atoms with Crippen molar-refractivity contribution in [3.8, 4) is 0 Å². The van der Waals surface area contributed by atoms with Crippen LogP contribution in [0.25, 0.3) is 0 Å². The number of nitrogens with zero attached hydrogens (tertiary/aromatic N) is 2. The Bertz CT molecular complexity index is 450. The Morgan fingerprint density at radius 1 is 1.00 bits per heavy atom. The molecule has 0 saturated carbocycles. The average Bonchev–Trinajstić information content (AvgIpc) is 2.60. The average molecular weight is 388 g/mol. The molecule has 0 amide bonds. The molecule has 2 nitrogen and oxygen atoms in total. The van der Waals surface area contributed by atoms with Crippen molar-refractivity contribution in [1.82, 2.24) is 4.90 Å². The van der Waals surface area contributed by atoms with Crippen LogP contribution in [0.3, 0.4) is 0 Å². The molecule has 2 aliphatic rings. The fourth-order valence-electron chi connectivity index (χ4n) is 3.33. The number of piperidine rings is 1. The van der Waals surface area contributed by atoms with E-state index in [9.17, 15) is 0 Å². The molecule has 19 heavy (non-hydrogen) atoms. The Labute approximate surface area is 132 Å². The molecule has 1 atom stereocenters. The van der Waals surface area contributed by atoms with Gasteiger partial charge >= 0.3 is 0 Å². The molecule has 104 valence electrons. The summed E-state index contributed by atoms with van der Waals surface area (Å²) in [5.74, 6) is 0. The van der Waals surface area contributed by atoms with Crippen molar-refractivity contribution in [3.63, 3.8) is 0 Å². The summed E-state index contributed by atoms with van der Waals surface area (Å²) in [6, 6.07) is 7.28. The first-order valence-electron chi connectivity index (χ1n) is 7.18. The largest absolute Gasteiger partial charge is 0.369 e. The van der Waals surface area contributed by atoms with Crippen molar-refractivity contribution >= 4 is 37.5 Å². The summed E-state index contributed by atoms with van der Waals surface area (Å²) in [6.07, 6.45) is 5.43. The molecule has 1 unspecified atom stereocenters. The molecule has 1 aromatic rings. The monoisotopic (exact) mass is 386 g/mol. The van der Waals surface area contributed by atoms with E-state index in [1.54, 1.807) is 0 Å². The van der Waals surface area contributed by atoms with Gasteiger partial charge in [-0.15, -0.1) is 0 Å². The highest BCUT2D eigenvalue weighted by molar-refractivity contribution is 9.11. The van der Waals surface area contributed by atoms with Gasteiger partial charge in [-0.25, -0.2) is 0 Å². The highest BCUT2D eigenvalue weighted by Gasteiger charge is 2.27. The van der Waals surface area contributed by atoms with Crippen molar-refractivity contribution in [3.05, 3.63) is 27.1 Å². The van der Waals surface area contributed by atoms with E-state index < -0.39 is 0 Å². The number of fused-ring (bicyclic) bond motifs is 1. The fourth-order valence-corrected chi connectivity index (χ4v) is 4.63. The third-order valence-electron chi connectivity index (χ3n) is 4.30. The first-order valence-corrected chi connectivity index (χ1v) is 8.77. The summed E-state index contributed by atoms with van der Waals surface area (Å²) in [5, 5.41) is 0. The van der Waals surface area contributed by atoms with Gasteiger partial charge in [-0.2, -0.15) is 0 Å². The smallest absolute Gasteiger partial charge is 0.0511 e. The summed E-state index contributed by atoms with van der Waals surface area (Å²) in [7, 11) is 0. The van der Waals surface area contributed by atoms with Crippen LogP contribution in [0.5, 0.6) is 0 Å². The second kappa shape index (κ2) is 6.15. The molecule has 0 aromatic heterocycles. The normalized spacial score (nSPS) is 24.9. The van der Waals surface area contributed by atoms with Gasteiger partial charge in [-0.05, 0) is 59.9 Å². The molecule has 0 bridgehead atoms. The molecule has 3 rings (SSSR count). The van der Waals surface area contributed by atoms with Crippen LogP contribution >= 0.6 is 31.9 Å². The summed E-state index contributed by atoms with van der Waals surface area (Å²) in [6.45, 7) is 4.93. The van der Waals surface area contributed by atoms with Crippen molar-refractivity contribution < 1.29 is 0 Å². The Balaban J connectivity index is 1.80. The maximum atomic E-state index is 3.71. The summed E-state index contributed by atoms with van der Waals surface area (Å²) < 4.78 is 2.34. The number of anilines is 1. The Morgan fingerprint density at radius 2 is 1.84 bits per heavy atom. The van der Waals surface area contributed by atoms with Crippen LogP contribution < -0.4 is 4.90 Å². The van der Waals surface area contributed by atoms with Crippen molar-refractivity contribution in [2.45, 2.75) is 31.7 Å². The van der Waals surface area contributed by atoms with Gasteiger partial charge in [0.25, 0.3) is 0 Å². The Kier molecular flexibility index (Phi) is 4.50. The first-order chi connectivity index (χ1) is 9.24. The lowest BCUT2D eigenvalue weighted by Gasteiger charge is -2.36. The van der Waals surface area contributed by atoms with E-state index in [1.807, 2.05) is 0 Å². The van der Waals surface area contributed by atoms with Gasteiger partial charge in [0.05, 0.1) is 5.69 Å². The van der Waals surface area contributed by atoms with Gasteiger partial charge in [0.1, 0.15) is 0 Å². The van der Waals surface area contributed by atoms with Gasteiger partial charge in [-0.1, -0.05) is 22.4 Å². The molecule has 1 aromatic carbocycles. The van der Waals surface area contributed by atoms with Crippen LogP contribution in [0.4, 0.5) is 5.69 Å². The van der Waals surface area contributed by atoms with Gasteiger partial charge in [0.2, 0.25) is 0 Å². The van der Waals surface area contributed by atoms with Gasteiger partial charge in [0, 0.05) is 34.6 Å². The lowest BCUT2D eigenvalue weighted by atomic mass is 10.0. The van der Waals surface area contributed by atoms with Crippen LogP contribution in [0, 0.1) is 0 Å². The lowest BCUT2D eigenvalue weighted by molar-refractivity contribution is 0.162. The van der Waals surface area contributed by atoms with Crippen molar-refractivity contribution in [2.24, 2.45) is 0 Å². The van der Waals surface area contributed by atoms with E-state index in [2.05, 4.69) is 59.9 Å². The molecule has 0 radical (unpaired) electrons. The maximum absolute atomic E-state index is 3.71. The summed E-state index contributed by atoms with van der Waals surface area (Å²) >= 11 is 7.25. The molecule has 0 aliphatic carbocycles. The molecule has 2 fully saturated rings. The van der Waals surface area contributed by atoms with Crippen LogP contribution in [0.2, 0.25) is 0 Å². The van der Waals surface area contributed by atoms with E-state index in [4.69, 9.17) is 0 Å². The minimum atomic E-state index is 0.756. The van der Waals surface area contributed by atoms with Gasteiger partial charge in [0.15, 0.2) is 0 Å². The van der Waals surface area contributed by atoms with E-state index in [1.165, 1.54) is 62.0 Å². The number of rotatable bonds is 1. The second-order valence-corrected chi connectivity index (χ2v) is 7.35. The van der Waals surface area contributed by atoms with Crippen LogP contribution in [-0.2, 0) is 0 Å². The predicted octanol–water partition coefficient (Wildman–Crippen LogP) is 4.28. The zero-order valence-electron chi connectivity index (χ0n) is 11.1. The van der Waals surface area contributed by atoms with Gasteiger partial charge < -0.3 is 4.90 Å². The molecule has 2 heterocycles. The van der Waals surface area contributed by atoms with Crippen LogP contribution in [-0.4, -0.2) is 37.1 Å². The minimum Gasteiger partial charge on any atom is -0.369 e. The quantitative estimate of drug-likeness (QED) is 0.709. The van der Waals surface area contributed by atoms with Crippen LogP contribution in [0.15, 0.2) is 27.1 Å². The zero-order chi connectivity index (χ0) is 13.2. The van der Waals surface area contributed by atoms with Crippen molar-refractivity contribution in [1.29, 1.82) is 0 Å². The number of benzene rings is 1. The van der Waals surface area contributed by atoms with E-state index in [0.717, 1.165) is 10.5 Å². The highest BCUT2D eigenvalue weighted by atomic mass is 79.9. The molecule has 2 saturated heterocycles. The summed E-state index contributed by atoms with van der Waals surface area (Å²) in [4.78, 5) is 5.27. The van der Waals surface area contributed by atoms with E-state index >= 15 is 0 Å². The van der Waals surface area contributed by atoms with E-state index in [-0.39, 0.29) is 0 Å². The maximum Gasteiger partial charge on any atom is 0.0511 e. The Morgan fingerprint density at radius 3 is 2.68 bits per heavy atom. The molecule has 4 heteroatoms. The number of hydrogen-bond donors (Lipinski definition) is 0. The molecule has 2 aliphatic heterocycles. The molecule has 0 spiro atoms. The zero-order valence-corrected chi connectivity index (χ0v) is 14.3. The first kappa shape index (κ1) is 13.9. The predicted molar refractivity (Wildman–Crippen MR) is 87.9 cm³/mol. The lowest BCUT2D eigenvalue weighted by Crippen LogP contribution is -2.44. The standard InChI is InChI=1S/C15H20Br2N2/c16-12-5-6-15(14(17)10-12)19-9-3-8-18-7-2-1-4-13(18)11-19/h5-6,10,13H,1-4,7-9,11H2. The number of hydrogen-bond acceptors (Lipinski definition) is 2. The third-order valence-corrected chi connectivity index (χ3v) is 5.43. The minimum absolute atomic E-state index is 0.756. The van der Waals surface area contributed by atoms with E-state index in [0.29, 0.717) is 0 Å². The third kappa shape index (κ3) is 3.17. The highest BCUT2D eigenvalue weighted by Crippen LogP contribution is 2.32. The second-order valence-electron chi connectivity index (χ2n) is 5.58. The molecule has 0 N–H and O–H groups in total. The Hall–Kier alpha value is -0.0600.